The molecule has 0 saturated heterocycles. The fourth-order valence-electron chi connectivity index (χ4n) is 3.52. The maximum absolute atomic E-state index is 12.7. The first-order valence-corrected chi connectivity index (χ1v) is 10.3. The van der Waals surface area contributed by atoms with E-state index in [-0.39, 0.29) is 12.3 Å². The van der Waals surface area contributed by atoms with Gasteiger partial charge >= 0.3 is 0 Å². The van der Waals surface area contributed by atoms with Crippen LogP contribution in [-0.2, 0) is 17.8 Å². The number of benzene rings is 3. The zero-order valence-electron chi connectivity index (χ0n) is 18.1. The monoisotopic (exact) mass is 427 g/mol. The van der Waals surface area contributed by atoms with Crippen LogP contribution in [0, 0.1) is 0 Å². The van der Waals surface area contributed by atoms with Crippen LogP contribution >= 0.6 is 0 Å². The average Bonchev–Trinajstić information content (AvgIpc) is 3.28. The Balaban J connectivity index is 1.52. The van der Waals surface area contributed by atoms with Gasteiger partial charge in [-0.1, -0.05) is 54.6 Å². The number of nitrogens with zero attached hydrogens (tertiary/aromatic N) is 2. The third-order valence-corrected chi connectivity index (χ3v) is 5.15. The summed E-state index contributed by atoms with van der Waals surface area (Å²) >= 11 is 0. The van der Waals surface area contributed by atoms with Crippen molar-refractivity contribution in [3.05, 3.63) is 96.2 Å². The van der Waals surface area contributed by atoms with Crippen LogP contribution in [0.2, 0.25) is 0 Å². The molecule has 0 saturated carbocycles. The molecule has 0 aliphatic heterocycles. The molecule has 0 spiro atoms. The Morgan fingerprint density at radius 3 is 2.28 bits per heavy atom. The highest BCUT2D eigenvalue weighted by Gasteiger charge is 2.14. The van der Waals surface area contributed by atoms with Gasteiger partial charge in [0.1, 0.15) is 0 Å². The van der Waals surface area contributed by atoms with E-state index in [2.05, 4.69) is 5.32 Å². The van der Waals surface area contributed by atoms with Crippen molar-refractivity contribution >= 4 is 5.91 Å². The molecule has 1 amide bonds. The summed E-state index contributed by atoms with van der Waals surface area (Å²) in [5, 5.41) is 7.81. The lowest BCUT2D eigenvalue weighted by Gasteiger charge is -2.10. The van der Waals surface area contributed by atoms with E-state index < -0.39 is 0 Å². The van der Waals surface area contributed by atoms with E-state index in [1.807, 2.05) is 83.7 Å². The molecule has 0 bridgehead atoms. The highest BCUT2D eigenvalue weighted by atomic mass is 16.5. The van der Waals surface area contributed by atoms with Crippen molar-refractivity contribution in [2.45, 2.75) is 13.0 Å². The van der Waals surface area contributed by atoms with E-state index >= 15 is 0 Å². The van der Waals surface area contributed by atoms with E-state index in [4.69, 9.17) is 14.6 Å². The molecular formula is C26H25N3O3. The first-order chi connectivity index (χ1) is 15.7. The lowest BCUT2D eigenvalue weighted by molar-refractivity contribution is -0.120. The first-order valence-electron chi connectivity index (χ1n) is 10.3. The fraction of sp³-hybridized carbons (Fsp3) is 0.154. The molecule has 162 valence electrons. The third-order valence-electron chi connectivity index (χ3n) is 5.15. The largest absolute Gasteiger partial charge is 0.493 e. The molecule has 6 heteroatoms. The summed E-state index contributed by atoms with van der Waals surface area (Å²) in [7, 11) is 3.17. The molecule has 3 aromatic carbocycles. The Labute approximate surface area is 187 Å². The maximum atomic E-state index is 12.7. The summed E-state index contributed by atoms with van der Waals surface area (Å²) < 4.78 is 12.4. The summed E-state index contributed by atoms with van der Waals surface area (Å²) in [6.45, 7) is 0.378. The van der Waals surface area contributed by atoms with Gasteiger partial charge in [0, 0.05) is 23.9 Å². The molecule has 0 radical (unpaired) electrons. The van der Waals surface area contributed by atoms with Crippen LogP contribution < -0.4 is 14.8 Å². The molecule has 1 aromatic heterocycles. The van der Waals surface area contributed by atoms with Crippen molar-refractivity contribution in [2.75, 3.05) is 14.2 Å². The first kappa shape index (κ1) is 21.2. The molecule has 0 unspecified atom stereocenters. The zero-order valence-corrected chi connectivity index (χ0v) is 18.1. The standard InChI is InChI=1S/C26H25N3O3/c1-31-23-14-13-19(15-24(23)32-2)16-25(30)27-17-21-18-29(22-11-7-4-8-12-22)28-26(21)20-9-5-3-6-10-20/h3-15,18H,16-17H2,1-2H3,(H,27,30). The van der Waals surface area contributed by atoms with Crippen molar-refractivity contribution in [3.63, 3.8) is 0 Å². The number of hydrogen-bond donors (Lipinski definition) is 1. The van der Waals surface area contributed by atoms with Gasteiger partial charge in [-0.3, -0.25) is 4.79 Å². The third kappa shape index (κ3) is 4.81. The molecule has 6 nitrogen and oxygen atoms in total. The Morgan fingerprint density at radius 1 is 0.906 bits per heavy atom. The molecule has 1 heterocycles. The molecule has 0 aliphatic rings. The minimum atomic E-state index is -0.0799. The Kier molecular flexibility index (Phi) is 6.51. The minimum absolute atomic E-state index is 0.0799. The second-order valence-corrected chi connectivity index (χ2v) is 7.29. The van der Waals surface area contributed by atoms with E-state index in [0.29, 0.717) is 18.0 Å². The molecule has 0 fully saturated rings. The van der Waals surface area contributed by atoms with Crippen LogP contribution in [0.4, 0.5) is 0 Å². The van der Waals surface area contributed by atoms with Crippen LogP contribution in [0.1, 0.15) is 11.1 Å². The van der Waals surface area contributed by atoms with Crippen LogP contribution in [-0.4, -0.2) is 29.9 Å². The summed E-state index contributed by atoms with van der Waals surface area (Å²) in [5.74, 6) is 1.16. The smallest absolute Gasteiger partial charge is 0.224 e. The van der Waals surface area contributed by atoms with E-state index in [0.717, 1.165) is 28.1 Å². The normalized spacial score (nSPS) is 10.6. The minimum Gasteiger partial charge on any atom is -0.493 e. The van der Waals surface area contributed by atoms with Gasteiger partial charge in [-0.05, 0) is 29.8 Å². The SMILES string of the molecule is COc1ccc(CC(=O)NCc2cn(-c3ccccc3)nc2-c2ccccc2)cc1OC. The summed E-state index contributed by atoms with van der Waals surface area (Å²) in [6.07, 6.45) is 2.21. The lowest BCUT2D eigenvalue weighted by atomic mass is 10.1. The maximum Gasteiger partial charge on any atom is 0.224 e. The van der Waals surface area contributed by atoms with Gasteiger partial charge in [-0.15, -0.1) is 0 Å². The molecule has 32 heavy (non-hydrogen) atoms. The number of ether oxygens (including phenoxy) is 2. The van der Waals surface area contributed by atoms with E-state index in [9.17, 15) is 4.79 Å². The topological polar surface area (TPSA) is 65.4 Å². The second-order valence-electron chi connectivity index (χ2n) is 7.29. The summed E-state index contributed by atoms with van der Waals surface area (Å²) in [6, 6.07) is 25.4. The van der Waals surface area contributed by atoms with E-state index in [1.54, 1.807) is 20.3 Å². The Bertz CT molecular complexity index is 1190. The Hall–Kier alpha value is -4.06. The highest BCUT2D eigenvalue weighted by molar-refractivity contribution is 5.79. The van der Waals surface area contributed by atoms with Crippen molar-refractivity contribution in [2.24, 2.45) is 0 Å². The number of hydrogen-bond acceptors (Lipinski definition) is 4. The van der Waals surface area contributed by atoms with Crippen LogP contribution in [0.15, 0.2) is 85.1 Å². The van der Waals surface area contributed by atoms with Crippen molar-refractivity contribution in [3.8, 4) is 28.4 Å². The molecule has 4 rings (SSSR count). The number of amides is 1. The number of carbonyl (C=O) groups is 1. The number of aromatic nitrogens is 2. The van der Waals surface area contributed by atoms with Gasteiger partial charge in [0.05, 0.1) is 32.0 Å². The van der Waals surface area contributed by atoms with Gasteiger partial charge in [0.25, 0.3) is 0 Å². The number of methoxy groups -OCH3 is 2. The van der Waals surface area contributed by atoms with Crippen LogP contribution in [0.5, 0.6) is 11.5 Å². The second kappa shape index (κ2) is 9.83. The summed E-state index contributed by atoms with van der Waals surface area (Å²) in [5.41, 5.74) is 4.61. The molecular weight excluding hydrogens is 402 g/mol. The average molecular weight is 428 g/mol. The van der Waals surface area contributed by atoms with Gasteiger partial charge < -0.3 is 14.8 Å². The molecule has 4 aromatic rings. The Morgan fingerprint density at radius 2 is 1.59 bits per heavy atom. The van der Waals surface area contributed by atoms with Crippen LogP contribution in [0.25, 0.3) is 16.9 Å². The predicted molar refractivity (Wildman–Crippen MR) is 124 cm³/mol. The number of rotatable bonds is 8. The van der Waals surface area contributed by atoms with Crippen molar-refractivity contribution in [1.82, 2.24) is 15.1 Å². The lowest BCUT2D eigenvalue weighted by Crippen LogP contribution is -2.24. The molecule has 0 aliphatic carbocycles. The van der Waals surface area contributed by atoms with Gasteiger partial charge in [-0.2, -0.15) is 5.10 Å². The predicted octanol–water partition coefficient (Wildman–Crippen LogP) is 4.42. The number of nitrogens with one attached hydrogen (secondary N) is 1. The zero-order chi connectivity index (χ0) is 22.3. The van der Waals surface area contributed by atoms with Crippen molar-refractivity contribution in [1.29, 1.82) is 0 Å². The van der Waals surface area contributed by atoms with Gasteiger partial charge in [0.2, 0.25) is 5.91 Å². The van der Waals surface area contributed by atoms with Gasteiger partial charge in [-0.25, -0.2) is 4.68 Å². The van der Waals surface area contributed by atoms with E-state index in [1.165, 1.54) is 0 Å². The number of carbonyl (C=O) groups excluding carboxylic acids is 1. The molecule has 1 N–H and O–H groups in total. The van der Waals surface area contributed by atoms with Gasteiger partial charge in [0.15, 0.2) is 11.5 Å². The highest BCUT2D eigenvalue weighted by Crippen LogP contribution is 2.28. The van der Waals surface area contributed by atoms with Crippen LogP contribution in [0.3, 0.4) is 0 Å². The number of para-hydroxylation sites is 1. The quantitative estimate of drug-likeness (QED) is 0.452. The van der Waals surface area contributed by atoms with Crippen molar-refractivity contribution < 1.29 is 14.3 Å². The summed E-state index contributed by atoms with van der Waals surface area (Å²) in [4.78, 5) is 12.7. The molecule has 0 atom stereocenters. The fourth-order valence-corrected chi connectivity index (χ4v) is 3.52.